The summed E-state index contributed by atoms with van der Waals surface area (Å²) in [5, 5.41) is 6.12. The molecular weight excluding hydrogens is 236 g/mol. The van der Waals surface area contributed by atoms with Crippen LogP contribution in [0.2, 0.25) is 0 Å². The molecule has 0 spiro atoms. The molecule has 0 saturated heterocycles. The number of nitrogens with one attached hydrogen (secondary N) is 2. The van der Waals surface area contributed by atoms with Gasteiger partial charge in [0.15, 0.2) is 0 Å². The SMILES string of the molecule is CCNc1ccc(C(=O)Nc2ccccc2)c(C)c1. The van der Waals surface area contributed by atoms with E-state index in [2.05, 4.69) is 10.6 Å². The third-order valence-corrected chi connectivity index (χ3v) is 2.88. The number of anilines is 2. The van der Waals surface area contributed by atoms with E-state index in [1.54, 1.807) is 0 Å². The molecule has 2 rings (SSSR count). The van der Waals surface area contributed by atoms with E-state index in [1.807, 2.05) is 62.4 Å². The van der Waals surface area contributed by atoms with Gasteiger partial charge in [0.05, 0.1) is 0 Å². The molecule has 2 N–H and O–H groups in total. The standard InChI is InChI=1S/C16H18N2O/c1-3-17-14-9-10-15(12(2)11-14)16(19)18-13-7-5-4-6-8-13/h4-11,17H,3H2,1-2H3,(H,18,19). The summed E-state index contributed by atoms with van der Waals surface area (Å²) in [6.07, 6.45) is 0. The van der Waals surface area contributed by atoms with Crippen LogP contribution in [0.5, 0.6) is 0 Å². The average molecular weight is 254 g/mol. The van der Waals surface area contributed by atoms with Crippen LogP contribution in [0.15, 0.2) is 48.5 Å². The van der Waals surface area contributed by atoms with Gasteiger partial charge in [-0.1, -0.05) is 18.2 Å². The van der Waals surface area contributed by atoms with Crippen molar-refractivity contribution in [2.45, 2.75) is 13.8 Å². The number of hydrogen-bond acceptors (Lipinski definition) is 2. The van der Waals surface area contributed by atoms with E-state index in [-0.39, 0.29) is 5.91 Å². The predicted molar refractivity (Wildman–Crippen MR) is 79.7 cm³/mol. The van der Waals surface area contributed by atoms with E-state index in [1.165, 1.54) is 0 Å². The third-order valence-electron chi connectivity index (χ3n) is 2.88. The van der Waals surface area contributed by atoms with E-state index >= 15 is 0 Å². The summed E-state index contributed by atoms with van der Waals surface area (Å²) in [4.78, 5) is 12.2. The molecule has 0 heterocycles. The second kappa shape index (κ2) is 6.05. The maximum atomic E-state index is 12.2. The minimum absolute atomic E-state index is 0.0771. The summed E-state index contributed by atoms with van der Waals surface area (Å²) in [6.45, 7) is 4.86. The van der Waals surface area contributed by atoms with Gasteiger partial charge >= 0.3 is 0 Å². The molecule has 0 saturated carbocycles. The first-order valence-corrected chi connectivity index (χ1v) is 6.41. The zero-order chi connectivity index (χ0) is 13.7. The quantitative estimate of drug-likeness (QED) is 0.873. The number of hydrogen-bond donors (Lipinski definition) is 2. The monoisotopic (exact) mass is 254 g/mol. The van der Waals surface area contributed by atoms with Crippen molar-refractivity contribution in [2.75, 3.05) is 17.2 Å². The average Bonchev–Trinajstić information content (AvgIpc) is 2.40. The van der Waals surface area contributed by atoms with E-state index in [0.717, 1.165) is 23.5 Å². The lowest BCUT2D eigenvalue weighted by atomic mass is 10.1. The van der Waals surface area contributed by atoms with Crippen molar-refractivity contribution in [1.82, 2.24) is 0 Å². The van der Waals surface area contributed by atoms with E-state index < -0.39 is 0 Å². The Morgan fingerprint density at radius 1 is 1.05 bits per heavy atom. The van der Waals surface area contributed by atoms with Gasteiger partial charge in [0.1, 0.15) is 0 Å². The minimum atomic E-state index is -0.0771. The first kappa shape index (κ1) is 13.1. The predicted octanol–water partition coefficient (Wildman–Crippen LogP) is 3.68. The number of benzene rings is 2. The Hall–Kier alpha value is -2.29. The van der Waals surface area contributed by atoms with Crippen LogP contribution in [-0.2, 0) is 0 Å². The van der Waals surface area contributed by atoms with Crippen molar-refractivity contribution in [2.24, 2.45) is 0 Å². The first-order chi connectivity index (χ1) is 9.20. The van der Waals surface area contributed by atoms with Gasteiger partial charge in [0.2, 0.25) is 0 Å². The molecule has 0 aromatic heterocycles. The van der Waals surface area contributed by atoms with Gasteiger partial charge in [0, 0.05) is 23.5 Å². The van der Waals surface area contributed by atoms with Crippen LogP contribution in [0.1, 0.15) is 22.8 Å². The highest BCUT2D eigenvalue weighted by Crippen LogP contribution is 2.17. The number of aryl methyl sites for hydroxylation is 1. The van der Waals surface area contributed by atoms with Gasteiger partial charge in [-0.3, -0.25) is 4.79 Å². The van der Waals surface area contributed by atoms with Crippen molar-refractivity contribution >= 4 is 17.3 Å². The molecule has 0 atom stereocenters. The second-order valence-electron chi connectivity index (χ2n) is 4.38. The number of carbonyl (C=O) groups excluding carboxylic acids is 1. The summed E-state index contributed by atoms with van der Waals surface area (Å²) in [5.41, 5.74) is 3.51. The van der Waals surface area contributed by atoms with Crippen molar-refractivity contribution in [1.29, 1.82) is 0 Å². The fourth-order valence-electron chi connectivity index (χ4n) is 1.95. The van der Waals surface area contributed by atoms with Gasteiger partial charge in [-0.2, -0.15) is 0 Å². The molecule has 0 bridgehead atoms. The van der Waals surface area contributed by atoms with Crippen LogP contribution in [0, 0.1) is 6.92 Å². The number of rotatable bonds is 4. The maximum absolute atomic E-state index is 12.2. The van der Waals surface area contributed by atoms with Crippen molar-refractivity contribution in [3.8, 4) is 0 Å². The molecule has 98 valence electrons. The number of amides is 1. The Morgan fingerprint density at radius 2 is 1.79 bits per heavy atom. The van der Waals surface area contributed by atoms with Crippen molar-refractivity contribution < 1.29 is 4.79 Å². The summed E-state index contributed by atoms with van der Waals surface area (Å²) in [7, 11) is 0. The van der Waals surface area contributed by atoms with Gasteiger partial charge < -0.3 is 10.6 Å². The fraction of sp³-hybridized carbons (Fsp3) is 0.188. The van der Waals surface area contributed by atoms with Crippen molar-refractivity contribution in [3.05, 3.63) is 59.7 Å². The van der Waals surface area contributed by atoms with Crippen LogP contribution in [0.4, 0.5) is 11.4 Å². The van der Waals surface area contributed by atoms with E-state index in [4.69, 9.17) is 0 Å². The Balaban J connectivity index is 2.15. The summed E-state index contributed by atoms with van der Waals surface area (Å²) < 4.78 is 0. The molecule has 3 nitrogen and oxygen atoms in total. The van der Waals surface area contributed by atoms with E-state index in [9.17, 15) is 4.79 Å². The highest BCUT2D eigenvalue weighted by molar-refractivity contribution is 6.05. The highest BCUT2D eigenvalue weighted by atomic mass is 16.1. The van der Waals surface area contributed by atoms with Crippen LogP contribution >= 0.6 is 0 Å². The Kier molecular flexibility index (Phi) is 4.18. The van der Waals surface area contributed by atoms with Crippen molar-refractivity contribution in [3.63, 3.8) is 0 Å². The van der Waals surface area contributed by atoms with Gasteiger partial charge in [-0.05, 0) is 49.7 Å². The Morgan fingerprint density at radius 3 is 2.42 bits per heavy atom. The van der Waals surface area contributed by atoms with Crippen LogP contribution in [0.3, 0.4) is 0 Å². The molecule has 0 radical (unpaired) electrons. The topological polar surface area (TPSA) is 41.1 Å². The fourth-order valence-corrected chi connectivity index (χ4v) is 1.95. The van der Waals surface area contributed by atoms with Crippen LogP contribution in [0.25, 0.3) is 0 Å². The third kappa shape index (κ3) is 3.35. The number of para-hydroxylation sites is 1. The lowest BCUT2D eigenvalue weighted by Gasteiger charge is -2.10. The Bertz CT molecular complexity index is 564. The molecule has 0 fully saturated rings. The summed E-state index contributed by atoms with van der Waals surface area (Å²) in [6, 6.07) is 15.2. The minimum Gasteiger partial charge on any atom is -0.385 e. The first-order valence-electron chi connectivity index (χ1n) is 6.41. The summed E-state index contributed by atoms with van der Waals surface area (Å²) >= 11 is 0. The number of carbonyl (C=O) groups is 1. The molecule has 2 aromatic rings. The molecule has 1 amide bonds. The summed E-state index contributed by atoms with van der Waals surface area (Å²) in [5.74, 6) is -0.0771. The van der Waals surface area contributed by atoms with Gasteiger partial charge in [-0.25, -0.2) is 0 Å². The zero-order valence-corrected chi connectivity index (χ0v) is 11.2. The second-order valence-corrected chi connectivity index (χ2v) is 4.38. The molecular formula is C16H18N2O. The zero-order valence-electron chi connectivity index (χ0n) is 11.2. The lowest BCUT2D eigenvalue weighted by molar-refractivity contribution is 0.102. The molecule has 2 aromatic carbocycles. The molecule has 3 heteroatoms. The van der Waals surface area contributed by atoms with Crippen LogP contribution in [-0.4, -0.2) is 12.5 Å². The van der Waals surface area contributed by atoms with Gasteiger partial charge in [0.25, 0.3) is 5.91 Å². The molecule has 19 heavy (non-hydrogen) atoms. The molecule has 0 aliphatic rings. The maximum Gasteiger partial charge on any atom is 0.255 e. The lowest BCUT2D eigenvalue weighted by Crippen LogP contribution is -2.13. The molecule has 0 unspecified atom stereocenters. The molecule has 0 aliphatic heterocycles. The Labute approximate surface area is 113 Å². The van der Waals surface area contributed by atoms with E-state index in [0.29, 0.717) is 5.56 Å². The highest BCUT2D eigenvalue weighted by Gasteiger charge is 2.09. The normalized spacial score (nSPS) is 10.0. The smallest absolute Gasteiger partial charge is 0.255 e. The molecule has 0 aliphatic carbocycles. The van der Waals surface area contributed by atoms with Crippen LogP contribution < -0.4 is 10.6 Å². The largest absolute Gasteiger partial charge is 0.385 e. The van der Waals surface area contributed by atoms with Gasteiger partial charge in [-0.15, -0.1) is 0 Å².